The average molecular weight is 354 g/mol. The van der Waals surface area contributed by atoms with Gasteiger partial charge in [-0.2, -0.15) is 4.31 Å². The van der Waals surface area contributed by atoms with Crippen molar-refractivity contribution in [2.45, 2.75) is 11.3 Å². The third kappa shape index (κ3) is 3.35. The molecule has 2 aromatic rings. The predicted molar refractivity (Wildman–Crippen MR) is 86.4 cm³/mol. The van der Waals surface area contributed by atoms with E-state index in [9.17, 15) is 18.0 Å². The summed E-state index contributed by atoms with van der Waals surface area (Å²) >= 11 is 0. The molecule has 1 aliphatic heterocycles. The molecule has 0 spiro atoms. The van der Waals surface area contributed by atoms with Crippen LogP contribution < -0.4 is 5.69 Å². The number of benzene rings is 1. The standard InChI is InChI=1S/C14H18N4O5S/c19-13(20)3-4-17-5-7-18(8-6-17)24(22,23)10-1-2-11-12(9-10)16-14(21)15-11/h1-2,9H,3-8H2,(H,19,20)(H2,15,16,21). The Morgan fingerprint density at radius 2 is 1.79 bits per heavy atom. The smallest absolute Gasteiger partial charge is 0.323 e. The van der Waals surface area contributed by atoms with Crippen LogP contribution in [-0.2, 0) is 14.8 Å². The lowest BCUT2D eigenvalue weighted by Gasteiger charge is -2.33. The number of H-pyrrole nitrogens is 2. The van der Waals surface area contributed by atoms with Gasteiger partial charge in [-0.1, -0.05) is 0 Å². The maximum absolute atomic E-state index is 12.7. The number of piperazine rings is 1. The van der Waals surface area contributed by atoms with Crippen LogP contribution in [0.2, 0.25) is 0 Å². The fraction of sp³-hybridized carbons (Fsp3) is 0.429. The molecule has 0 unspecified atom stereocenters. The summed E-state index contributed by atoms with van der Waals surface area (Å²) in [5.74, 6) is -0.862. The summed E-state index contributed by atoms with van der Waals surface area (Å²) in [5, 5.41) is 8.70. The van der Waals surface area contributed by atoms with Crippen LogP contribution in [0, 0.1) is 0 Å². The lowest BCUT2D eigenvalue weighted by atomic mass is 10.3. The minimum Gasteiger partial charge on any atom is -0.481 e. The molecule has 9 nitrogen and oxygen atoms in total. The van der Waals surface area contributed by atoms with E-state index in [1.54, 1.807) is 6.07 Å². The van der Waals surface area contributed by atoms with Gasteiger partial charge in [-0.15, -0.1) is 0 Å². The molecule has 0 radical (unpaired) electrons. The third-order valence-corrected chi connectivity index (χ3v) is 5.99. The molecule has 0 bridgehead atoms. The maximum atomic E-state index is 12.7. The molecule has 24 heavy (non-hydrogen) atoms. The molecule has 3 rings (SSSR count). The highest BCUT2D eigenvalue weighted by Crippen LogP contribution is 2.20. The molecule has 0 saturated carbocycles. The minimum atomic E-state index is -3.64. The van der Waals surface area contributed by atoms with Gasteiger partial charge in [-0.3, -0.25) is 4.79 Å². The summed E-state index contributed by atoms with van der Waals surface area (Å²) < 4.78 is 26.8. The van der Waals surface area contributed by atoms with Gasteiger partial charge in [-0.25, -0.2) is 13.2 Å². The van der Waals surface area contributed by atoms with E-state index in [4.69, 9.17) is 5.11 Å². The SMILES string of the molecule is O=C(O)CCN1CCN(S(=O)(=O)c2ccc3[nH]c(=O)[nH]c3c2)CC1. The van der Waals surface area contributed by atoms with Crippen LogP contribution in [0.15, 0.2) is 27.9 Å². The topological polar surface area (TPSA) is 127 Å². The average Bonchev–Trinajstić information content (AvgIpc) is 2.92. The molecule has 130 valence electrons. The van der Waals surface area contributed by atoms with Crippen LogP contribution in [0.25, 0.3) is 11.0 Å². The van der Waals surface area contributed by atoms with Gasteiger partial charge >= 0.3 is 11.7 Å². The normalized spacial score (nSPS) is 17.3. The number of rotatable bonds is 5. The van der Waals surface area contributed by atoms with Crippen LogP contribution in [0.5, 0.6) is 0 Å². The molecular formula is C14H18N4O5S. The highest BCUT2D eigenvalue weighted by Gasteiger charge is 2.28. The first-order chi connectivity index (χ1) is 11.4. The molecule has 1 saturated heterocycles. The van der Waals surface area contributed by atoms with Crippen LogP contribution in [0.3, 0.4) is 0 Å². The first-order valence-electron chi connectivity index (χ1n) is 7.52. The summed E-state index contributed by atoms with van der Waals surface area (Å²) in [4.78, 5) is 29.1. The van der Waals surface area contributed by atoms with Crippen LogP contribution in [0.1, 0.15) is 6.42 Å². The quantitative estimate of drug-likeness (QED) is 0.673. The number of aliphatic carboxylic acids is 1. The number of imidazole rings is 1. The summed E-state index contributed by atoms with van der Waals surface area (Å²) in [6, 6.07) is 4.47. The third-order valence-electron chi connectivity index (χ3n) is 4.10. The molecule has 0 amide bonds. The monoisotopic (exact) mass is 354 g/mol. The summed E-state index contributed by atoms with van der Waals surface area (Å²) in [5.41, 5.74) is 0.616. The lowest BCUT2D eigenvalue weighted by molar-refractivity contribution is -0.137. The Bertz CT molecular complexity index is 909. The zero-order valence-corrected chi connectivity index (χ0v) is 13.7. The number of aromatic amines is 2. The number of carboxylic acids is 1. The Morgan fingerprint density at radius 1 is 1.12 bits per heavy atom. The van der Waals surface area contributed by atoms with Crippen molar-refractivity contribution in [3.8, 4) is 0 Å². The maximum Gasteiger partial charge on any atom is 0.323 e. The number of carboxylic acid groups (broad SMARTS) is 1. The lowest BCUT2D eigenvalue weighted by Crippen LogP contribution is -2.48. The van der Waals surface area contributed by atoms with E-state index in [0.717, 1.165) is 0 Å². The number of sulfonamides is 1. The van der Waals surface area contributed by atoms with Crippen molar-refractivity contribution in [3.05, 3.63) is 28.7 Å². The summed E-state index contributed by atoms with van der Waals surface area (Å²) in [7, 11) is -3.64. The highest BCUT2D eigenvalue weighted by molar-refractivity contribution is 7.89. The molecule has 3 N–H and O–H groups in total. The number of nitrogens with one attached hydrogen (secondary N) is 2. The second kappa shape index (κ2) is 6.38. The van der Waals surface area contributed by atoms with Crippen molar-refractivity contribution < 1.29 is 18.3 Å². The van der Waals surface area contributed by atoms with Crippen molar-refractivity contribution in [3.63, 3.8) is 0 Å². The van der Waals surface area contributed by atoms with Crippen molar-refractivity contribution in [1.82, 2.24) is 19.2 Å². The van der Waals surface area contributed by atoms with Gasteiger partial charge in [0.1, 0.15) is 0 Å². The van der Waals surface area contributed by atoms with Crippen LogP contribution >= 0.6 is 0 Å². The van der Waals surface area contributed by atoms with E-state index >= 15 is 0 Å². The van der Waals surface area contributed by atoms with E-state index in [2.05, 4.69) is 9.97 Å². The Labute approximate surface area is 137 Å². The van der Waals surface area contributed by atoms with Gasteiger partial charge in [0, 0.05) is 32.7 Å². The van der Waals surface area contributed by atoms with E-state index < -0.39 is 16.0 Å². The molecule has 1 aromatic heterocycles. The molecule has 1 aliphatic rings. The fourth-order valence-corrected chi connectivity index (χ4v) is 4.22. The van der Waals surface area contributed by atoms with Gasteiger partial charge in [0.15, 0.2) is 0 Å². The van der Waals surface area contributed by atoms with Crippen LogP contribution in [-0.4, -0.2) is 71.4 Å². The Morgan fingerprint density at radius 3 is 2.46 bits per heavy atom. The van der Waals surface area contributed by atoms with Gasteiger partial charge in [0.05, 0.1) is 22.3 Å². The van der Waals surface area contributed by atoms with Crippen molar-refractivity contribution >= 4 is 27.0 Å². The molecule has 1 aromatic carbocycles. The van der Waals surface area contributed by atoms with Gasteiger partial charge in [0.2, 0.25) is 10.0 Å². The minimum absolute atomic E-state index is 0.0459. The molecule has 0 aliphatic carbocycles. The Balaban J connectivity index is 1.73. The van der Waals surface area contributed by atoms with E-state index in [-0.39, 0.29) is 17.0 Å². The second-order valence-corrected chi connectivity index (χ2v) is 7.61. The number of nitrogens with zero attached hydrogens (tertiary/aromatic N) is 2. The zero-order valence-electron chi connectivity index (χ0n) is 12.9. The van der Waals surface area contributed by atoms with Crippen molar-refractivity contribution in [2.75, 3.05) is 32.7 Å². The Kier molecular flexibility index (Phi) is 4.43. The first-order valence-corrected chi connectivity index (χ1v) is 8.96. The van der Waals surface area contributed by atoms with E-state index in [1.807, 2.05) is 4.90 Å². The number of hydrogen-bond acceptors (Lipinski definition) is 5. The van der Waals surface area contributed by atoms with Crippen molar-refractivity contribution in [1.29, 1.82) is 0 Å². The summed E-state index contributed by atoms with van der Waals surface area (Å²) in [6.45, 7) is 2.03. The number of aromatic nitrogens is 2. The molecule has 10 heteroatoms. The number of hydrogen-bond donors (Lipinski definition) is 3. The molecule has 2 heterocycles. The molecule has 1 fully saturated rings. The Hall–Kier alpha value is -2.17. The number of fused-ring (bicyclic) bond motifs is 1. The van der Waals surface area contributed by atoms with E-state index in [1.165, 1.54) is 16.4 Å². The molecule has 0 atom stereocenters. The van der Waals surface area contributed by atoms with Gasteiger partial charge in [0.25, 0.3) is 0 Å². The van der Waals surface area contributed by atoms with Crippen LogP contribution in [0.4, 0.5) is 0 Å². The predicted octanol–water partition coefficient (Wildman–Crippen LogP) is -0.363. The second-order valence-electron chi connectivity index (χ2n) is 5.68. The largest absolute Gasteiger partial charge is 0.481 e. The fourth-order valence-electron chi connectivity index (χ4n) is 2.77. The van der Waals surface area contributed by atoms with Gasteiger partial charge in [-0.05, 0) is 18.2 Å². The highest BCUT2D eigenvalue weighted by atomic mass is 32.2. The summed E-state index contributed by atoms with van der Waals surface area (Å²) in [6.07, 6.45) is 0.0459. The first kappa shape index (κ1) is 16.7. The zero-order chi connectivity index (χ0) is 17.3. The van der Waals surface area contributed by atoms with Gasteiger partial charge < -0.3 is 20.0 Å². The van der Waals surface area contributed by atoms with Crippen molar-refractivity contribution in [2.24, 2.45) is 0 Å². The van der Waals surface area contributed by atoms with E-state index in [0.29, 0.717) is 43.8 Å². The molecular weight excluding hydrogens is 336 g/mol. The number of carbonyl (C=O) groups is 1.